The van der Waals surface area contributed by atoms with Gasteiger partial charge in [0.15, 0.2) is 0 Å². The Balaban J connectivity index is 2.79. The summed E-state index contributed by atoms with van der Waals surface area (Å²) in [5, 5.41) is 2.83. The molecular formula is C11H10BrF4N. The van der Waals surface area contributed by atoms with Gasteiger partial charge in [0.2, 0.25) is 0 Å². The Bertz CT molecular complexity index is 414. The third kappa shape index (κ3) is 4.87. The predicted molar refractivity (Wildman–Crippen MR) is 61.2 cm³/mol. The molecule has 0 unspecified atom stereocenters. The van der Waals surface area contributed by atoms with Crippen LogP contribution < -0.4 is 5.32 Å². The minimum Gasteiger partial charge on any atom is -0.308 e. The van der Waals surface area contributed by atoms with E-state index in [1.54, 1.807) is 0 Å². The van der Waals surface area contributed by atoms with Crippen LogP contribution in [0.4, 0.5) is 17.6 Å². The molecule has 1 rings (SSSR count). The van der Waals surface area contributed by atoms with Crippen molar-refractivity contribution >= 4 is 15.9 Å². The van der Waals surface area contributed by atoms with E-state index < -0.39 is 17.6 Å². The Labute approximate surface area is 105 Å². The molecule has 1 nitrogen and oxygen atoms in total. The third-order valence-corrected chi connectivity index (χ3v) is 2.21. The van der Waals surface area contributed by atoms with Gasteiger partial charge in [0.1, 0.15) is 5.82 Å². The van der Waals surface area contributed by atoms with Crippen molar-refractivity contribution in [1.29, 1.82) is 0 Å². The molecule has 0 fully saturated rings. The summed E-state index contributed by atoms with van der Waals surface area (Å²) in [5.74, 6) is -0.894. The van der Waals surface area contributed by atoms with Crippen molar-refractivity contribution in [2.75, 3.05) is 6.54 Å². The van der Waals surface area contributed by atoms with Gasteiger partial charge in [0.05, 0.1) is 5.56 Å². The van der Waals surface area contributed by atoms with Crippen LogP contribution in [0.5, 0.6) is 0 Å². The molecule has 1 aromatic rings. The highest BCUT2D eigenvalue weighted by molar-refractivity contribution is 9.11. The van der Waals surface area contributed by atoms with Gasteiger partial charge in [-0.2, -0.15) is 13.2 Å². The van der Waals surface area contributed by atoms with Crippen molar-refractivity contribution in [2.24, 2.45) is 0 Å². The molecule has 0 amide bonds. The molecule has 1 N–H and O–H groups in total. The highest BCUT2D eigenvalue weighted by atomic mass is 79.9. The van der Waals surface area contributed by atoms with Gasteiger partial charge in [-0.3, -0.25) is 0 Å². The molecule has 94 valence electrons. The summed E-state index contributed by atoms with van der Waals surface area (Å²) in [6, 6.07) is 2.47. The summed E-state index contributed by atoms with van der Waals surface area (Å²) >= 11 is 3.10. The molecule has 0 bridgehead atoms. The van der Waals surface area contributed by atoms with E-state index in [9.17, 15) is 17.6 Å². The van der Waals surface area contributed by atoms with Crippen molar-refractivity contribution in [3.05, 3.63) is 46.2 Å². The van der Waals surface area contributed by atoms with E-state index in [4.69, 9.17) is 0 Å². The van der Waals surface area contributed by atoms with Crippen molar-refractivity contribution in [3.8, 4) is 0 Å². The van der Waals surface area contributed by atoms with E-state index in [2.05, 4.69) is 27.8 Å². The Morgan fingerprint density at radius 1 is 1.29 bits per heavy atom. The molecule has 1 aromatic carbocycles. The van der Waals surface area contributed by atoms with Gasteiger partial charge in [-0.05, 0) is 23.8 Å². The second kappa shape index (κ2) is 5.64. The fourth-order valence-electron chi connectivity index (χ4n) is 1.26. The van der Waals surface area contributed by atoms with Crippen LogP contribution in [-0.4, -0.2) is 6.54 Å². The molecule has 0 radical (unpaired) electrons. The van der Waals surface area contributed by atoms with E-state index in [-0.39, 0.29) is 12.1 Å². The van der Waals surface area contributed by atoms with Crippen molar-refractivity contribution in [3.63, 3.8) is 0 Å². The fraction of sp³-hybridized carbons (Fsp3) is 0.273. The largest absolute Gasteiger partial charge is 0.416 e. The molecule has 0 saturated carbocycles. The number of rotatable bonds is 4. The average molecular weight is 312 g/mol. The summed E-state index contributed by atoms with van der Waals surface area (Å²) in [6.45, 7) is 4.11. The first-order chi connectivity index (χ1) is 7.79. The molecule has 0 spiro atoms. The number of halogens is 5. The monoisotopic (exact) mass is 311 g/mol. The van der Waals surface area contributed by atoms with Gasteiger partial charge < -0.3 is 5.32 Å². The summed E-state index contributed by atoms with van der Waals surface area (Å²) in [6.07, 6.45) is -4.53. The normalized spacial score (nSPS) is 11.6. The maximum Gasteiger partial charge on any atom is 0.416 e. The summed E-state index contributed by atoms with van der Waals surface area (Å²) in [4.78, 5) is 0. The first-order valence-corrected chi connectivity index (χ1v) is 5.49. The van der Waals surface area contributed by atoms with Crippen molar-refractivity contribution < 1.29 is 17.6 Å². The average Bonchev–Trinajstić information content (AvgIpc) is 2.14. The topological polar surface area (TPSA) is 12.0 Å². The van der Waals surface area contributed by atoms with Crippen LogP contribution in [0.15, 0.2) is 29.3 Å². The zero-order valence-electron chi connectivity index (χ0n) is 8.74. The Morgan fingerprint density at radius 3 is 2.47 bits per heavy atom. The first-order valence-electron chi connectivity index (χ1n) is 4.69. The predicted octanol–water partition coefficient (Wildman–Crippen LogP) is 3.84. The van der Waals surface area contributed by atoms with E-state index in [1.807, 2.05) is 0 Å². The van der Waals surface area contributed by atoms with Crippen LogP contribution in [-0.2, 0) is 12.7 Å². The van der Waals surface area contributed by atoms with Crippen LogP contribution >= 0.6 is 15.9 Å². The highest BCUT2D eigenvalue weighted by Crippen LogP contribution is 2.30. The molecule has 0 aliphatic heterocycles. The fourth-order valence-corrected chi connectivity index (χ4v) is 1.46. The lowest BCUT2D eigenvalue weighted by Gasteiger charge is -2.10. The van der Waals surface area contributed by atoms with Crippen molar-refractivity contribution in [1.82, 2.24) is 5.32 Å². The lowest BCUT2D eigenvalue weighted by Crippen LogP contribution is -2.15. The van der Waals surface area contributed by atoms with Gasteiger partial charge in [0, 0.05) is 17.6 Å². The standard InChI is InChI=1S/C11H10BrF4N/c1-7(12)5-17-6-8-2-9(11(14,15)16)4-10(13)3-8/h2-4,17H,1,5-6H2. The van der Waals surface area contributed by atoms with E-state index in [0.29, 0.717) is 17.1 Å². The third-order valence-electron chi connectivity index (χ3n) is 1.93. The Morgan fingerprint density at radius 2 is 1.94 bits per heavy atom. The van der Waals surface area contributed by atoms with Crippen LogP contribution in [0.2, 0.25) is 0 Å². The molecule has 0 heterocycles. The minimum absolute atomic E-state index is 0.144. The molecular weight excluding hydrogens is 302 g/mol. The first kappa shape index (κ1) is 14.2. The molecule has 0 atom stereocenters. The van der Waals surface area contributed by atoms with E-state index in [1.165, 1.54) is 0 Å². The Hall–Kier alpha value is -0.880. The lowest BCUT2D eigenvalue weighted by molar-refractivity contribution is -0.137. The molecule has 0 aliphatic rings. The van der Waals surface area contributed by atoms with E-state index >= 15 is 0 Å². The van der Waals surface area contributed by atoms with Gasteiger partial charge >= 0.3 is 6.18 Å². The van der Waals surface area contributed by atoms with Gasteiger partial charge in [-0.25, -0.2) is 4.39 Å². The lowest BCUT2D eigenvalue weighted by atomic mass is 10.1. The van der Waals surface area contributed by atoms with Crippen LogP contribution in [0, 0.1) is 5.82 Å². The second-order valence-corrected chi connectivity index (χ2v) is 4.59. The Kier molecular flexibility index (Phi) is 4.70. The number of hydrogen-bond acceptors (Lipinski definition) is 1. The summed E-state index contributed by atoms with van der Waals surface area (Å²) < 4.78 is 50.8. The smallest absolute Gasteiger partial charge is 0.308 e. The zero-order valence-corrected chi connectivity index (χ0v) is 10.3. The highest BCUT2D eigenvalue weighted by Gasteiger charge is 2.31. The van der Waals surface area contributed by atoms with Crippen LogP contribution in [0.1, 0.15) is 11.1 Å². The van der Waals surface area contributed by atoms with Crippen molar-refractivity contribution in [2.45, 2.75) is 12.7 Å². The molecule has 6 heteroatoms. The maximum absolute atomic E-state index is 13.0. The quantitative estimate of drug-likeness (QED) is 0.833. The minimum atomic E-state index is -4.53. The summed E-state index contributed by atoms with van der Waals surface area (Å²) in [7, 11) is 0. The number of benzene rings is 1. The van der Waals surface area contributed by atoms with E-state index in [0.717, 1.165) is 12.1 Å². The molecule has 0 aromatic heterocycles. The molecule has 0 saturated heterocycles. The molecule has 17 heavy (non-hydrogen) atoms. The maximum atomic E-state index is 13.0. The van der Waals surface area contributed by atoms with Gasteiger partial charge in [0.25, 0.3) is 0 Å². The van der Waals surface area contributed by atoms with Crippen LogP contribution in [0.25, 0.3) is 0 Å². The summed E-state index contributed by atoms with van der Waals surface area (Å²) in [5.41, 5.74) is -0.738. The van der Waals surface area contributed by atoms with Gasteiger partial charge in [-0.1, -0.05) is 22.5 Å². The number of hydrogen-bond donors (Lipinski definition) is 1. The van der Waals surface area contributed by atoms with Crippen LogP contribution in [0.3, 0.4) is 0 Å². The second-order valence-electron chi connectivity index (χ2n) is 3.47. The number of nitrogens with one attached hydrogen (secondary N) is 1. The number of alkyl halides is 3. The van der Waals surface area contributed by atoms with Gasteiger partial charge in [-0.15, -0.1) is 0 Å². The zero-order chi connectivity index (χ0) is 13.1. The SMILES string of the molecule is C=C(Br)CNCc1cc(F)cc(C(F)(F)F)c1. The molecule has 0 aliphatic carbocycles.